The van der Waals surface area contributed by atoms with E-state index in [-0.39, 0.29) is 12.0 Å². The molecule has 1 N–H and O–H groups in total. The Balaban J connectivity index is 2.44. The van der Waals surface area contributed by atoms with Crippen LogP contribution in [0.4, 0.5) is 13.2 Å². The third-order valence-electron chi connectivity index (χ3n) is 3.26. The van der Waals surface area contributed by atoms with Gasteiger partial charge in [-0.25, -0.2) is 0 Å². The predicted molar refractivity (Wildman–Crippen MR) is 56.3 cm³/mol. The lowest BCUT2D eigenvalue weighted by atomic mass is 10.0. The van der Waals surface area contributed by atoms with Gasteiger partial charge in [-0.3, -0.25) is 0 Å². The van der Waals surface area contributed by atoms with Gasteiger partial charge in [-0.2, -0.15) is 13.2 Å². The maximum Gasteiger partial charge on any atom is 0.416 e. The van der Waals surface area contributed by atoms with Crippen LogP contribution in [0.15, 0.2) is 18.2 Å². The molecule has 0 aromatic heterocycles. The summed E-state index contributed by atoms with van der Waals surface area (Å²) in [5.74, 6) is 0.190. The minimum absolute atomic E-state index is 0.187. The summed E-state index contributed by atoms with van der Waals surface area (Å²) in [5.41, 5.74) is 1.28. The normalized spacial score (nSPS) is 24.6. The summed E-state index contributed by atoms with van der Waals surface area (Å²) in [6.07, 6.45) is -3.38. The molecule has 1 aliphatic rings. The first-order chi connectivity index (χ1) is 7.43. The molecule has 0 unspecified atom stereocenters. The molecule has 0 saturated heterocycles. The molecule has 1 nitrogen and oxygen atoms in total. The molecule has 1 aliphatic carbocycles. The molecular weight excluding hydrogens is 215 g/mol. The number of halogens is 3. The second-order valence-corrected chi connectivity index (χ2v) is 4.32. The number of rotatable bonds is 1. The van der Waals surface area contributed by atoms with Crippen LogP contribution in [0.3, 0.4) is 0 Å². The van der Waals surface area contributed by atoms with Crippen molar-refractivity contribution in [3.8, 4) is 0 Å². The third kappa shape index (κ3) is 1.82. The van der Waals surface area contributed by atoms with Crippen molar-refractivity contribution in [3.05, 3.63) is 34.9 Å². The first kappa shape index (κ1) is 11.5. The van der Waals surface area contributed by atoms with Crippen LogP contribution < -0.4 is 5.32 Å². The van der Waals surface area contributed by atoms with E-state index >= 15 is 0 Å². The van der Waals surface area contributed by atoms with Gasteiger partial charge in [-0.05, 0) is 42.6 Å². The lowest BCUT2D eigenvalue weighted by molar-refractivity contribution is -0.137. The number of fused-ring (bicyclic) bond motifs is 1. The van der Waals surface area contributed by atoms with E-state index in [1.807, 2.05) is 14.0 Å². The average molecular weight is 229 g/mol. The molecule has 1 aromatic carbocycles. The summed E-state index contributed by atoms with van der Waals surface area (Å²) in [7, 11) is 1.84. The van der Waals surface area contributed by atoms with Gasteiger partial charge in [0.2, 0.25) is 0 Å². The highest BCUT2D eigenvalue weighted by Gasteiger charge is 2.34. The average Bonchev–Trinajstić information content (AvgIpc) is 2.54. The summed E-state index contributed by atoms with van der Waals surface area (Å²) in [5, 5.41) is 3.13. The van der Waals surface area contributed by atoms with Crippen molar-refractivity contribution >= 4 is 0 Å². The second-order valence-electron chi connectivity index (χ2n) is 4.32. The van der Waals surface area contributed by atoms with Crippen molar-refractivity contribution in [1.82, 2.24) is 5.32 Å². The van der Waals surface area contributed by atoms with E-state index < -0.39 is 11.7 Å². The van der Waals surface area contributed by atoms with E-state index in [0.717, 1.165) is 17.5 Å². The summed E-state index contributed by atoms with van der Waals surface area (Å²) < 4.78 is 37.6. The standard InChI is InChI=1S/C12H14F3N/c1-7-5-11(16-2)9-4-3-8(6-10(7)9)12(13,14)15/h3-4,6-7,11,16H,5H2,1-2H3/t7-,11+/m0/s1. The molecule has 0 bridgehead atoms. The van der Waals surface area contributed by atoms with Crippen LogP contribution in [0.25, 0.3) is 0 Å². The lowest BCUT2D eigenvalue weighted by Crippen LogP contribution is -2.13. The minimum atomic E-state index is -4.24. The van der Waals surface area contributed by atoms with Crippen LogP contribution >= 0.6 is 0 Å². The molecular formula is C12H14F3N. The van der Waals surface area contributed by atoms with E-state index in [4.69, 9.17) is 0 Å². The van der Waals surface area contributed by atoms with Gasteiger partial charge < -0.3 is 5.32 Å². The van der Waals surface area contributed by atoms with Crippen molar-refractivity contribution < 1.29 is 13.2 Å². The fourth-order valence-corrected chi connectivity index (χ4v) is 2.38. The molecule has 4 heteroatoms. The number of benzene rings is 1. The van der Waals surface area contributed by atoms with Crippen molar-refractivity contribution in [2.75, 3.05) is 7.05 Å². The van der Waals surface area contributed by atoms with E-state index in [1.165, 1.54) is 12.1 Å². The molecule has 0 fully saturated rings. The van der Waals surface area contributed by atoms with Crippen molar-refractivity contribution in [2.45, 2.75) is 31.5 Å². The largest absolute Gasteiger partial charge is 0.416 e. The maximum absolute atomic E-state index is 12.5. The lowest BCUT2D eigenvalue weighted by Gasteiger charge is -2.12. The van der Waals surface area contributed by atoms with Gasteiger partial charge in [-0.15, -0.1) is 0 Å². The van der Waals surface area contributed by atoms with Gasteiger partial charge in [0.15, 0.2) is 0 Å². The molecule has 88 valence electrons. The van der Waals surface area contributed by atoms with Crippen LogP contribution in [0.5, 0.6) is 0 Å². The summed E-state index contributed by atoms with van der Waals surface area (Å²) >= 11 is 0. The number of nitrogens with one attached hydrogen (secondary N) is 1. The zero-order valence-electron chi connectivity index (χ0n) is 9.23. The number of hydrogen-bond donors (Lipinski definition) is 1. The highest BCUT2D eigenvalue weighted by molar-refractivity contribution is 5.41. The quantitative estimate of drug-likeness (QED) is 0.777. The van der Waals surface area contributed by atoms with Gasteiger partial charge in [0.25, 0.3) is 0 Å². The van der Waals surface area contributed by atoms with Gasteiger partial charge >= 0.3 is 6.18 Å². The fourth-order valence-electron chi connectivity index (χ4n) is 2.38. The number of hydrogen-bond acceptors (Lipinski definition) is 1. The van der Waals surface area contributed by atoms with Gasteiger partial charge in [0.1, 0.15) is 0 Å². The fraction of sp³-hybridized carbons (Fsp3) is 0.500. The van der Waals surface area contributed by atoms with Gasteiger partial charge in [0.05, 0.1) is 5.56 Å². The Bertz CT molecular complexity index is 398. The molecule has 0 spiro atoms. The highest BCUT2D eigenvalue weighted by Crippen LogP contribution is 2.42. The van der Waals surface area contributed by atoms with Crippen molar-refractivity contribution in [3.63, 3.8) is 0 Å². The Morgan fingerprint density at radius 3 is 2.50 bits per heavy atom. The minimum Gasteiger partial charge on any atom is -0.313 e. The van der Waals surface area contributed by atoms with Crippen LogP contribution in [0, 0.1) is 0 Å². The van der Waals surface area contributed by atoms with Gasteiger partial charge in [-0.1, -0.05) is 13.0 Å². The zero-order chi connectivity index (χ0) is 11.9. The molecule has 2 rings (SSSR count). The Kier molecular flexibility index (Phi) is 2.70. The molecule has 0 amide bonds. The number of alkyl halides is 3. The summed E-state index contributed by atoms with van der Waals surface area (Å²) in [4.78, 5) is 0. The van der Waals surface area contributed by atoms with Crippen molar-refractivity contribution in [1.29, 1.82) is 0 Å². The van der Waals surface area contributed by atoms with Crippen LogP contribution in [-0.2, 0) is 6.18 Å². The van der Waals surface area contributed by atoms with Crippen LogP contribution in [-0.4, -0.2) is 7.05 Å². The summed E-state index contributed by atoms with van der Waals surface area (Å²) in [6, 6.07) is 4.24. The molecule has 2 atom stereocenters. The molecule has 0 saturated carbocycles. The topological polar surface area (TPSA) is 12.0 Å². The SMILES string of the molecule is CN[C@@H]1C[C@H](C)c2cc(C(F)(F)F)ccc21. The molecule has 0 radical (unpaired) electrons. The first-order valence-corrected chi connectivity index (χ1v) is 5.31. The Morgan fingerprint density at radius 2 is 1.94 bits per heavy atom. The Morgan fingerprint density at radius 1 is 1.25 bits per heavy atom. The first-order valence-electron chi connectivity index (χ1n) is 5.31. The molecule has 0 aliphatic heterocycles. The van der Waals surface area contributed by atoms with E-state index in [2.05, 4.69) is 5.32 Å². The van der Waals surface area contributed by atoms with E-state index in [0.29, 0.717) is 0 Å². The zero-order valence-corrected chi connectivity index (χ0v) is 9.23. The second kappa shape index (κ2) is 3.77. The monoisotopic (exact) mass is 229 g/mol. The Hall–Kier alpha value is -1.03. The maximum atomic E-state index is 12.5. The van der Waals surface area contributed by atoms with Crippen molar-refractivity contribution in [2.24, 2.45) is 0 Å². The van der Waals surface area contributed by atoms with Gasteiger partial charge in [0, 0.05) is 6.04 Å². The predicted octanol–water partition coefficient (Wildman–Crippen LogP) is 3.47. The molecule has 16 heavy (non-hydrogen) atoms. The van der Waals surface area contributed by atoms with E-state index in [1.54, 1.807) is 6.07 Å². The molecule has 0 heterocycles. The summed E-state index contributed by atoms with van der Waals surface area (Å²) in [6.45, 7) is 1.97. The highest BCUT2D eigenvalue weighted by atomic mass is 19.4. The Labute approximate surface area is 92.7 Å². The van der Waals surface area contributed by atoms with Crippen LogP contribution in [0.2, 0.25) is 0 Å². The molecule has 1 aromatic rings. The van der Waals surface area contributed by atoms with Crippen LogP contribution in [0.1, 0.15) is 42.0 Å². The van der Waals surface area contributed by atoms with E-state index in [9.17, 15) is 13.2 Å². The third-order valence-corrected chi connectivity index (χ3v) is 3.26. The smallest absolute Gasteiger partial charge is 0.313 e.